The van der Waals surface area contributed by atoms with E-state index in [1.807, 2.05) is 6.92 Å². The van der Waals surface area contributed by atoms with Gasteiger partial charge >= 0.3 is 0 Å². The first-order valence-electron chi connectivity index (χ1n) is 12.1. The van der Waals surface area contributed by atoms with E-state index in [1.165, 1.54) is 0 Å². The van der Waals surface area contributed by atoms with E-state index in [9.17, 15) is 14.7 Å². The maximum absolute atomic E-state index is 15.6. The van der Waals surface area contributed by atoms with Crippen LogP contribution in [0.25, 0.3) is 0 Å². The molecule has 7 nitrogen and oxygen atoms in total. The minimum Gasteiger partial charge on any atom is -0.497 e. The molecule has 9 heteroatoms. The van der Waals surface area contributed by atoms with Gasteiger partial charge in [-0.25, -0.2) is 0 Å². The van der Waals surface area contributed by atoms with Gasteiger partial charge in [0.15, 0.2) is 5.60 Å². The summed E-state index contributed by atoms with van der Waals surface area (Å²) in [6, 6.07) is 12.0. The Kier molecular flexibility index (Phi) is 7.09. The summed E-state index contributed by atoms with van der Waals surface area (Å²) in [5.41, 5.74) is 0.308. The van der Waals surface area contributed by atoms with Gasteiger partial charge in [0.2, 0.25) is 8.41 Å². The first-order valence-corrected chi connectivity index (χ1v) is 15.0. The van der Waals surface area contributed by atoms with Crippen molar-refractivity contribution >= 4 is 31.6 Å². The number of fused-ring (bicyclic) bond motifs is 2. The van der Waals surface area contributed by atoms with Crippen molar-refractivity contribution in [2.45, 2.75) is 43.7 Å². The molecule has 2 aliphatic rings. The van der Waals surface area contributed by atoms with Gasteiger partial charge in [-0.3, -0.25) is 9.59 Å². The SMILES string of the molecule is C=CCN1C(=O)[C@]2(O[C@H](CCO)[C@@H]([Si](C)(C)F)[C@@H]2C)c2cc(NC(=O)c3ccc(OC)cc3)ccc21. The molecule has 0 unspecified atom stereocenters. The number of methoxy groups -OCH3 is 1. The third-order valence-electron chi connectivity index (χ3n) is 7.30. The van der Waals surface area contributed by atoms with Crippen molar-refractivity contribution in [2.24, 2.45) is 5.92 Å². The molecule has 0 aromatic heterocycles. The number of rotatable bonds is 8. The number of halogens is 1. The van der Waals surface area contributed by atoms with E-state index < -0.39 is 31.6 Å². The highest BCUT2D eigenvalue weighted by atomic mass is 28.4. The average molecular weight is 513 g/mol. The van der Waals surface area contributed by atoms with Crippen molar-refractivity contribution in [1.29, 1.82) is 0 Å². The van der Waals surface area contributed by atoms with Crippen LogP contribution >= 0.6 is 0 Å². The van der Waals surface area contributed by atoms with Gasteiger partial charge in [-0.2, -0.15) is 0 Å². The van der Waals surface area contributed by atoms with Crippen molar-refractivity contribution in [1.82, 2.24) is 0 Å². The number of anilines is 2. The molecule has 0 aliphatic carbocycles. The monoisotopic (exact) mass is 512 g/mol. The maximum Gasteiger partial charge on any atom is 0.264 e. The maximum atomic E-state index is 15.6. The Morgan fingerprint density at radius 3 is 2.58 bits per heavy atom. The molecule has 2 aromatic rings. The van der Waals surface area contributed by atoms with Gasteiger partial charge in [0, 0.05) is 41.4 Å². The van der Waals surface area contributed by atoms with E-state index >= 15 is 4.11 Å². The van der Waals surface area contributed by atoms with E-state index in [0.717, 1.165) is 0 Å². The van der Waals surface area contributed by atoms with E-state index in [2.05, 4.69) is 11.9 Å². The second-order valence-corrected chi connectivity index (χ2v) is 13.7. The zero-order valence-corrected chi connectivity index (χ0v) is 22.1. The molecule has 0 bridgehead atoms. The normalized spacial score (nSPS) is 25.2. The molecule has 192 valence electrons. The van der Waals surface area contributed by atoms with Gasteiger partial charge in [-0.15, -0.1) is 6.58 Å². The number of nitrogens with one attached hydrogen (secondary N) is 1. The lowest BCUT2D eigenvalue weighted by Gasteiger charge is -2.31. The molecule has 4 atom stereocenters. The van der Waals surface area contributed by atoms with Crippen LogP contribution in [0.2, 0.25) is 18.6 Å². The highest BCUT2D eigenvalue weighted by Gasteiger charge is 2.66. The number of carbonyl (C=O) groups excluding carboxylic acids is 2. The van der Waals surface area contributed by atoms with E-state index in [0.29, 0.717) is 28.3 Å². The Labute approximate surface area is 212 Å². The average Bonchev–Trinajstić information content (AvgIpc) is 3.26. The molecule has 1 spiro atoms. The number of amides is 2. The Morgan fingerprint density at radius 1 is 1.31 bits per heavy atom. The van der Waals surface area contributed by atoms with E-state index in [4.69, 9.17) is 9.47 Å². The lowest BCUT2D eigenvalue weighted by molar-refractivity contribution is -0.146. The van der Waals surface area contributed by atoms with Gasteiger partial charge in [0.25, 0.3) is 11.8 Å². The molecule has 2 N–H and O–H groups in total. The molecular formula is C27H33FN2O5Si. The highest BCUT2D eigenvalue weighted by Crippen LogP contribution is 2.60. The van der Waals surface area contributed by atoms with Crippen LogP contribution in [0.15, 0.2) is 55.1 Å². The summed E-state index contributed by atoms with van der Waals surface area (Å²) in [7, 11) is -1.72. The number of hydrogen-bond donors (Lipinski definition) is 2. The van der Waals surface area contributed by atoms with Crippen molar-refractivity contribution in [3.8, 4) is 5.75 Å². The minimum atomic E-state index is -3.27. The third-order valence-corrected chi connectivity index (χ3v) is 9.75. The van der Waals surface area contributed by atoms with Crippen molar-refractivity contribution in [2.75, 3.05) is 30.5 Å². The van der Waals surface area contributed by atoms with E-state index in [-0.39, 0.29) is 31.4 Å². The van der Waals surface area contributed by atoms with Crippen LogP contribution in [0.5, 0.6) is 5.75 Å². The molecule has 2 amide bonds. The third kappa shape index (κ3) is 4.25. The summed E-state index contributed by atoms with van der Waals surface area (Å²) in [5.74, 6) is -0.403. The van der Waals surface area contributed by atoms with Crippen molar-refractivity contribution < 1.29 is 28.3 Å². The molecular weight excluding hydrogens is 479 g/mol. The Bertz CT molecular complexity index is 1170. The standard InChI is InChI=1S/C27H33FN2O5Si/c1-6-14-30-22-12-9-19(29-25(32)18-7-10-20(34-3)11-8-18)16-21(22)27(26(30)33)17(2)24(36(4,5)28)23(35-27)13-15-31/h6-12,16-17,23-24,31H,1,13-15H2,2-5H3,(H,29,32)/t17-,23+,24-,27+/m0/s1. The number of benzene rings is 2. The number of carbonyl (C=O) groups is 2. The van der Waals surface area contributed by atoms with Crippen LogP contribution in [0, 0.1) is 5.92 Å². The van der Waals surface area contributed by atoms with Crippen molar-refractivity contribution in [3.63, 3.8) is 0 Å². The first kappa shape index (κ1) is 26.1. The largest absolute Gasteiger partial charge is 0.497 e. The van der Waals surface area contributed by atoms with Crippen LogP contribution < -0.4 is 15.0 Å². The Hall–Kier alpha value is -3.01. The summed E-state index contributed by atoms with van der Waals surface area (Å²) in [6.45, 7) is 8.99. The lowest BCUT2D eigenvalue weighted by Crippen LogP contribution is -2.45. The number of aliphatic hydroxyl groups excluding tert-OH is 1. The van der Waals surface area contributed by atoms with Crippen LogP contribution in [0.3, 0.4) is 0 Å². The molecule has 1 fully saturated rings. The Morgan fingerprint density at radius 2 is 2.00 bits per heavy atom. The van der Waals surface area contributed by atoms with E-state index in [1.54, 1.807) is 73.6 Å². The molecule has 0 radical (unpaired) electrons. The summed E-state index contributed by atoms with van der Waals surface area (Å²) in [6.07, 6.45) is 1.29. The molecule has 4 rings (SSSR count). The van der Waals surface area contributed by atoms with Crippen LogP contribution in [0.1, 0.15) is 29.3 Å². The van der Waals surface area contributed by atoms with Crippen LogP contribution in [0.4, 0.5) is 15.5 Å². The van der Waals surface area contributed by atoms with Crippen LogP contribution in [-0.4, -0.2) is 51.7 Å². The second-order valence-electron chi connectivity index (χ2n) is 9.90. The topological polar surface area (TPSA) is 88.1 Å². The number of aliphatic hydroxyl groups is 1. The smallest absolute Gasteiger partial charge is 0.264 e. The van der Waals surface area contributed by atoms with Crippen LogP contribution in [-0.2, 0) is 15.1 Å². The van der Waals surface area contributed by atoms with Gasteiger partial charge in [-0.05, 0) is 62.0 Å². The predicted octanol–water partition coefficient (Wildman–Crippen LogP) is 4.64. The molecule has 36 heavy (non-hydrogen) atoms. The second kappa shape index (κ2) is 9.80. The quantitative estimate of drug-likeness (QED) is 0.306. The Balaban J connectivity index is 1.76. The molecule has 0 saturated carbocycles. The summed E-state index contributed by atoms with van der Waals surface area (Å²) < 4.78 is 27.2. The summed E-state index contributed by atoms with van der Waals surface area (Å²) in [5, 5.41) is 12.6. The zero-order chi connectivity index (χ0) is 26.3. The lowest BCUT2D eigenvalue weighted by atomic mass is 9.82. The highest BCUT2D eigenvalue weighted by molar-refractivity contribution is 6.72. The number of hydrogen-bond acceptors (Lipinski definition) is 5. The fourth-order valence-electron chi connectivity index (χ4n) is 5.78. The first-order chi connectivity index (χ1) is 17.1. The summed E-state index contributed by atoms with van der Waals surface area (Å²) >= 11 is 0. The molecule has 2 aromatic carbocycles. The fraction of sp³-hybridized carbons (Fsp3) is 0.407. The minimum absolute atomic E-state index is 0.163. The fourth-order valence-corrected chi connectivity index (χ4v) is 8.32. The summed E-state index contributed by atoms with van der Waals surface area (Å²) in [4.78, 5) is 28.4. The van der Waals surface area contributed by atoms with Gasteiger partial charge in [0.1, 0.15) is 5.75 Å². The number of nitrogens with zero attached hydrogens (tertiary/aromatic N) is 1. The number of ether oxygens (including phenoxy) is 2. The van der Waals surface area contributed by atoms with Crippen molar-refractivity contribution in [3.05, 3.63) is 66.2 Å². The molecule has 2 aliphatic heterocycles. The van der Waals surface area contributed by atoms with Gasteiger partial charge in [-0.1, -0.05) is 13.0 Å². The molecule has 1 saturated heterocycles. The predicted molar refractivity (Wildman–Crippen MR) is 140 cm³/mol. The zero-order valence-electron chi connectivity index (χ0n) is 21.1. The molecule has 2 heterocycles. The van der Waals surface area contributed by atoms with Gasteiger partial charge in [0.05, 0.1) is 18.9 Å². The van der Waals surface area contributed by atoms with Gasteiger partial charge < -0.3 is 28.9 Å².